The molecule has 0 saturated heterocycles. The molecule has 0 spiro atoms. The number of carbonyl (C=O) groups excluding carboxylic acids is 1. The lowest BCUT2D eigenvalue weighted by atomic mass is 10.3. The van der Waals surface area contributed by atoms with Gasteiger partial charge in [0.25, 0.3) is 0 Å². The fraction of sp³-hybridized carbons (Fsp3) is 0.875. The van der Waals surface area contributed by atoms with Gasteiger partial charge in [0.05, 0.1) is 6.61 Å². The molecule has 78 valence electrons. The van der Waals surface area contributed by atoms with Gasteiger partial charge in [-0.3, -0.25) is 4.79 Å². The minimum atomic E-state index is -0.337. The van der Waals surface area contributed by atoms with Crippen LogP contribution in [0.15, 0.2) is 0 Å². The average molecular weight is 381 g/mol. The highest BCUT2D eigenvalue weighted by Gasteiger charge is 2.19. The average Bonchev–Trinajstić information content (AvgIpc) is 2.00. The van der Waals surface area contributed by atoms with Gasteiger partial charge in [-0.15, -0.1) is 0 Å². The molecule has 0 aromatic rings. The molecule has 0 radical (unpaired) electrons. The predicted octanol–water partition coefficient (Wildman–Crippen LogP) is 3.95. The topological polar surface area (TPSA) is 26.3 Å². The first kappa shape index (κ1) is 13.9. The molecule has 0 N–H and O–H groups in total. The summed E-state index contributed by atoms with van der Waals surface area (Å²) >= 11 is 9.94. The lowest BCUT2D eigenvalue weighted by molar-refractivity contribution is -0.143. The lowest BCUT2D eigenvalue weighted by Crippen LogP contribution is -2.09. The van der Waals surface area contributed by atoms with Crippen molar-refractivity contribution in [1.82, 2.24) is 0 Å². The summed E-state index contributed by atoms with van der Waals surface area (Å²) < 4.78 is 4.64. The van der Waals surface area contributed by atoms with Crippen LogP contribution in [0.5, 0.6) is 0 Å². The van der Waals surface area contributed by atoms with Gasteiger partial charge in [-0.25, -0.2) is 0 Å². The molecule has 0 aliphatic carbocycles. The molecule has 0 rings (SSSR count). The second-order valence-electron chi connectivity index (χ2n) is 2.69. The normalized spacial score (nSPS) is 11.4. The van der Waals surface area contributed by atoms with Crippen LogP contribution >= 0.6 is 47.8 Å². The van der Waals surface area contributed by atoms with E-state index in [4.69, 9.17) is 4.74 Å². The molecule has 0 amide bonds. The maximum Gasteiger partial charge on any atom is 0.305 e. The Labute approximate surface area is 104 Å². The zero-order valence-electron chi connectivity index (χ0n) is 7.49. The van der Waals surface area contributed by atoms with Crippen molar-refractivity contribution in [3.63, 3.8) is 0 Å². The number of halogens is 3. The first-order chi connectivity index (χ1) is 5.95. The Morgan fingerprint density at radius 1 is 1.38 bits per heavy atom. The second kappa shape index (κ2) is 7.23. The lowest BCUT2D eigenvalue weighted by Gasteiger charge is -2.10. The van der Waals surface area contributed by atoms with E-state index in [0.717, 1.165) is 12.8 Å². The monoisotopic (exact) mass is 378 g/mol. The number of carbonyl (C=O) groups is 1. The largest absolute Gasteiger partial charge is 0.466 e. The van der Waals surface area contributed by atoms with E-state index in [1.54, 1.807) is 0 Å². The van der Waals surface area contributed by atoms with Gasteiger partial charge >= 0.3 is 5.97 Å². The molecule has 0 aromatic carbocycles. The highest BCUT2D eigenvalue weighted by molar-refractivity contribution is 9.39. The minimum absolute atomic E-state index is 0.142. The molecular weight excluding hydrogens is 368 g/mol. The quantitative estimate of drug-likeness (QED) is 0.410. The maximum atomic E-state index is 11.1. The van der Waals surface area contributed by atoms with Crippen LogP contribution in [0.3, 0.4) is 0 Å². The van der Waals surface area contributed by atoms with Crippen molar-refractivity contribution < 1.29 is 9.53 Å². The van der Waals surface area contributed by atoms with E-state index < -0.39 is 0 Å². The first-order valence-electron chi connectivity index (χ1n) is 4.18. The van der Waals surface area contributed by atoms with Gasteiger partial charge in [-0.05, 0) is 12.8 Å². The van der Waals surface area contributed by atoms with Crippen LogP contribution in [-0.4, -0.2) is 14.7 Å². The number of esters is 1. The van der Waals surface area contributed by atoms with Gasteiger partial charge in [-0.2, -0.15) is 0 Å². The number of rotatable bonds is 5. The predicted molar refractivity (Wildman–Crippen MR) is 64.6 cm³/mol. The number of alkyl halides is 3. The van der Waals surface area contributed by atoms with Crippen molar-refractivity contribution in [2.75, 3.05) is 6.61 Å². The standard InChI is InChI=1S/C8H13Br3O2/c1-2-3-6-13-7(12)4-5-8(9,10)11/h2-6H2,1H3. The van der Waals surface area contributed by atoms with E-state index in [-0.39, 0.29) is 8.11 Å². The van der Waals surface area contributed by atoms with E-state index in [9.17, 15) is 4.79 Å². The Morgan fingerprint density at radius 2 is 2.00 bits per heavy atom. The minimum Gasteiger partial charge on any atom is -0.466 e. The smallest absolute Gasteiger partial charge is 0.305 e. The first-order valence-corrected chi connectivity index (χ1v) is 6.56. The molecule has 0 aromatic heterocycles. The van der Waals surface area contributed by atoms with Crippen molar-refractivity contribution in [3.8, 4) is 0 Å². The van der Waals surface area contributed by atoms with Crippen LogP contribution in [0.2, 0.25) is 0 Å². The van der Waals surface area contributed by atoms with Crippen molar-refractivity contribution >= 4 is 53.8 Å². The summed E-state index contributed by atoms with van der Waals surface area (Å²) in [6, 6.07) is 0. The second-order valence-corrected chi connectivity index (χ2v) is 9.94. The summed E-state index contributed by atoms with van der Waals surface area (Å²) in [5.74, 6) is -0.142. The van der Waals surface area contributed by atoms with Crippen LogP contribution in [0.4, 0.5) is 0 Å². The van der Waals surface area contributed by atoms with Crippen LogP contribution in [0, 0.1) is 0 Å². The highest BCUT2D eigenvalue weighted by Crippen LogP contribution is 2.37. The highest BCUT2D eigenvalue weighted by atomic mass is 80.0. The molecule has 0 unspecified atom stereocenters. The Balaban J connectivity index is 3.41. The van der Waals surface area contributed by atoms with E-state index in [2.05, 4.69) is 54.7 Å². The summed E-state index contributed by atoms with van der Waals surface area (Å²) in [6.07, 6.45) is 3.05. The summed E-state index contributed by atoms with van der Waals surface area (Å²) in [5, 5.41) is 0. The Kier molecular flexibility index (Phi) is 7.74. The zero-order chi connectivity index (χ0) is 10.3. The summed E-state index contributed by atoms with van der Waals surface area (Å²) in [5.41, 5.74) is 0. The molecule has 0 aliphatic rings. The van der Waals surface area contributed by atoms with E-state index in [0.29, 0.717) is 19.4 Å². The maximum absolute atomic E-state index is 11.1. The molecule has 13 heavy (non-hydrogen) atoms. The molecule has 2 nitrogen and oxygen atoms in total. The Hall–Kier alpha value is 0.910. The number of ether oxygens (including phenoxy) is 1. The van der Waals surface area contributed by atoms with Gasteiger partial charge in [-0.1, -0.05) is 61.1 Å². The summed E-state index contributed by atoms with van der Waals surface area (Å²) in [6.45, 7) is 2.60. The van der Waals surface area contributed by atoms with Crippen LogP contribution < -0.4 is 0 Å². The van der Waals surface area contributed by atoms with Gasteiger partial charge in [0.1, 0.15) is 2.14 Å². The summed E-state index contributed by atoms with van der Waals surface area (Å²) in [4.78, 5) is 11.1. The van der Waals surface area contributed by atoms with E-state index >= 15 is 0 Å². The molecule has 0 aliphatic heterocycles. The molecule has 5 heteroatoms. The SMILES string of the molecule is CCCCOC(=O)CCC(Br)(Br)Br. The van der Waals surface area contributed by atoms with E-state index in [1.807, 2.05) is 0 Å². The van der Waals surface area contributed by atoms with Gasteiger partial charge in [0.2, 0.25) is 0 Å². The zero-order valence-corrected chi connectivity index (χ0v) is 12.2. The van der Waals surface area contributed by atoms with Gasteiger partial charge in [0.15, 0.2) is 0 Å². The third-order valence-electron chi connectivity index (χ3n) is 1.37. The van der Waals surface area contributed by atoms with Crippen molar-refractivity contribution in [1.29, 1.82) is 0 Å². The van der Waals surface area contributed by atoms with Crippen molar-refractivity contribution in [3.05, 3.63) is 0 Å². The molecule has 0 heterocycles. The molecule has 0 saturated carbocycles. The van der Waals surface area contributed by atoms with Crippen molar-refractivity contribution in [2.45, 2.75) is 34.7 Å². The van der Waals surface area contributed by atoms with Crippen LogP contribution in [0.25, 0.3) is 0 Å². The third kappa shape index (κ3) is 10.8. The fourth-order valence-electron chi connectivity index (χ4n) is 0.646. The van der Waals surface area contributed by atoms with Crippen molar-refractivity contribution in [2.24, 2.45) is 0 Å². The van der Waals surface area contributed by atoms with Gasteiger partial charge in [0, 0.05) is 6.42 Å². The summed E-state index contributed by atoms with van der Waals surface area (Å²) in [7, 11) is 0. The Morgan fingerprint density at radius 3 is 2.46 bits per heavy atom. The third-order valence-corrected chi connectivity index (χ3v) is 2.56. The Bertz CT molecular complexity index is 154. The number of hydrogen-bond donors (Lipinski definition) is 0. The molecule has 0 fully saturated rings. The van der Waals surface area contributed by atoms with Crippen LogP contribution in [0.1, 0.15) is 32.6 Å². The molecular formula is C8H13Br3O2. The number of unbranched alkanes of at least 4 members (excludes halogenated alkanes) is 1. The number of hydrogen-bond acceptors (Lipinski definition) is 2. The van der Waals surface area contributed by atoms with E-state index in [1.165, 1.54) is 0 Å². The van der Waals surface area contributed by atoms with Crippen LogP contribution in [-0.2, 0) is 9.53 Å². The molecule has 0 atom stereocenters. The van der Waals surface area contributed by atoms with Gasteiger partial charge < -0.3 is 4.74 Å². The molecule has 0 bridgehead atoms. The fourth-order valence-corrected chi connectivity index (χ4v) is 1.24.